The van der Waals surface area contributed by atoms with Gasteiger partial charge in [0.1, 0.15) is 0 Å². The van der Waals surface area contributed by atoms with Gasteiger partial charge in [0.25, 0.3) is 0 Å². The van der Waals surface area contributed by atoms with Gasteiger partial charge in [-0.3, -0.25) is 0 Å². The van der Waals surface area contributed by atoms with Crippen LogP contribution in [0.5, 0.6) is 0 Å². The van der Waals surface area contributed by atoms with Gasteiger partial charge in [-0.2, -0.15) is 0 Å². The first-order chi connectivity index (χ1) is 7.36. The lowest BCUT2D eigenvalue weighted by atomic mass is 10.1. The van der Waals surface area contributed by atoms with Crippen LogP contribution >= 0.6 is 15.9 Å². The summed E-state index contributed by atoms with van der Waals surface area (Å²) in [6.45, 7) is 0.703. The van der Waals surface area contributed by atoms with Crippen molar-refractivity contribution in [3.8, 4) is 0 Å². The van der Waals surface area contributed by atoms with E-state index in [1.807, 2.05) is 18.2 Å². The second-order valence-corrected chi connectivity index (χ2v) is 4.72. The predicted octanol–water partition coefficient (Wildman–Crippen LogP) is 4.03. The Morgan fingerprint density at radius 1 is 1.27 bits per heavy atom. The van der Waals surface area contributed by atoms with Gasteiger partial charge in [0.15, 0.2) is 0 Å². The monoisotopic (exact) mass is 266 g/mol. The van der Waals surface area contributed by atoms with Crippen molar-refractivity contribution in [1.82, 2.24) is 0 Å². The highest BCUT2D eigenvalue weighted by Gasteiger charge is 2.15. The Hall–Kier alpha value is -0.600. The normalized spacial score (nSPS) is 21.1. The summed E-state index contributed by atoms with van der Waals surface area (Å²) in [5, 5.41) is 0. The number of hydrogen-bond acceptors (Lipinski definition) is 1. The van der Waals surface area contributed by atoms with E-state index in [-0.39, 0.29) is 6.10 Å². The molecule has 1 nitrogen and oxygen atoms in total. The van der Waals surface area contributed by atoms with E-state index >= 15 is 0 Å². The molecule has 0 bridgehead atoms. The lowest BCUT2D eigenvalue weighted by Gasteiger charge is -2.20. The van der Waals surface area contributed by atoms with E-state index in [1.165, 1.54) is 22.9 Å². The lowest BCUT2D eigenvalue weighted by molar-refractivity contribution is 0.0605. The Balaban J connectivity index is 1.88. The van der Waals surface area contributed by atoms with Gasteiger partial charge < -0.3 is 4.74 Å². The largest absolute Gasteiger partial charge is 0.368 e. The standard InChI is InChI=1S/C13H15BrO/c14-12-8-4-5-9-13(12)15-10-11-6-2-1-3-7-11/h1-3,6-8,13H,4-5,9-10H2/t13-/m0/s1. The molecule has 0 fully saturated rings. The molecule has 0 N–H and O–H groups in total. The van der Waals surface area contributed by atoms with Gasteiger partial charge in [-0.15, -0.1) is 0 Å². The van der Waals surface area contributed by atoms with Crippen molar-refractivity contribution in [3.63, 3.8) is 0 Å². The van der Waals surface area contributed by atoms with Gasteiger partial charge in [-0.05, 0) is 24.8 Å². The summed E-state index contributed by atoms with van der Waals surface area (Å²) in [6.07, 6.45) is 6.02. The third kappa shape index (κ3) is 3.18. The van der Waals surface area contributed by atoms with Gasteiger partial charge in [0, 0.05) is 4.48 Å². The number of ether oxygens (including phenoxy) is 1. The van der Waals surface area contributed by atoms with Crippen LogP contribution in [0.3, 0.4) is 0 Å². The molecular weight excluding hydrogens is 252 g/mol. The topological polar surface area (TPSA) is 9.23 Å². The van der Waals surface area contributed by atoms with Crippen LogP contribution in [0.2, 0.25) is 0 Å². The van der Waals surface area contributed by atoms with Gasteiger partial charge in [0.05, 0.1) is 12.7 Å². The predicted molar refractivity (Wildman–Crippen MR) is 65.9 cm³/mol. The maximum atomic E-state index is 5.87. The van der Waals surface area contributed by atoms with Crippen molar-refractivity contribution >= 4 is 15.9 Å². The summed E-state index contributed by atoms with van der Waals surface area (Å²) in [6, 6.07) is 10.3. The Morgan fingerprint density at radius 2 is 2.07 bits per heavy atom. The molecule has 1 aromatic carbocycles. The van der Waals surface area contributed by atoms with Crippen molar-refractivity contribution in [2.24, 2.45) is 0 Å². The van der Waals surface area contributed by atoms with Crippen LogP contribution in [0, 0.1) is 0 Å². The van der Waals surface area contributed by atoms with Gasteiger partial charge >= 0.3 is 0 Å². The summed E-state index contributed by atoms with van der Waals surface area (Å²) in [5.41, 5.74) is 1.24. The van der Waals surface area contributed by atoms with Crippen LogP contribution in [0.1, 0.15) is 24.8 Å². The fourth-order valence-electron chi connectivity index (χ4n) is 1.75. The van der Waals surface area contributed by atoms with E-state index in [2.05, 4.69) is 34.1 Å². The Bertz CT molecular complexity index is 332. The highest BCUT2D eigenvalue weighted by atomic mass is 79.9. The maximum absolute atomic E-state index is 5.87. The summed E-state index contributed by atoms with van der Waals surface area (Å²) in [7, 11) is 0. The van der Waals surface area contributed by atoms with Gasteiger partial charge in [-0.1, -0.05) is 52.3 Å². The van der Waals surface area contributed by atoms with Gasteiger partial charge in [-0.25, -0.2) is 0 Å². The molecule has 0 heterocycles. The van der Waals surface area contributed by atoms with E-state index in [9.17, 15) is 0 Å². The van der Waals surface area contributed by atoms with Crippen LogP contribution in [0.4, 0.5) is 0 Å². The second kappa shape index (κ2) is 5.47. The van der Waals surface area contributed by atoms with Crippen molar-refractivity contribution in [2.45, 2.75) is 32.0 Å². The Kier molecular flexibility index (Phi) is 3.98. The molecule has 0 saturated heterocycles. The van der Waals surface area contributed by atoms with Crippen LogP contribution in [0.15, 0.2) is 40.9 Å². The first-order valence-electron chi connectivity index (χ1n) is 5.37. The second-order valence-electron chi connectivity index (χ2n) is 3.81. The molecule has 0 saturated carbocycles. The van der Waals surface area contributed by atoms with E-state index in [1.54, 1.807) is 0 Å². The number of allylic oxidation sites excluding steroid dienone is 1. The molecule has 0 spiro atoms. The van der Waals surface area contributed by atoms with Crippen molar-refractivity contribution in [1.29, 1.82) is 0 Å². The zero-order valence-corrected chi connectivity index (χ0v) is 10.2. The molecule has 1 aromatic rings. The van der Waals surface area contributed by atoms with Crippen molar-refractivity contribution < 1.29 is 4.74 Å². The van der Waals surface area contributed by atoms with Crippen LogP contribution in [-0.2, 0) is 11.3 Å². The maximum Gasteiger partial charge on any atom is 0.0890 e. The molecule has 1 atom stereocenters. The summed E-state index contributed by atoms with van der Waals surface area (Å²) < 4.78 is 7.08. The smallest absolute Gasteiger partial charge is 0.0890 e. The minimum absolute atomic E-state index is 0.263. The van der Waals surface area contributed by atoms with Crippen molar-refractivity contribution in [2.75, 3.05) is 0 Å². The molecule has 0 radical (unpaired) electrons. The zero-order chi connectivity index (χ0) is 10.5. The molecule has 0 unspecified atom stereocenters. The molecule has 1 aliphatic carbocycles. The zero-order valence-electron chi connectivity index (χ0n) is 8.66. The number of rotatable bonds is 3. The summed E-state index contributed by atoms with van der Waals surface area (Å²) in [5.74, 6) is 0. The fourth-order valence-corrected chi connectivity index (χ4v) is 2.34. The van der Waals surface area contributed by atoms with Gasteiger partial charge in [0.2, 0.25) is 0 Å². The number of benzene rings is 1. The molecule has 0 aliphatic heterocycles. The molecule has 0 aromatic heterocycles. The highest BCUT2D eigenvalue weighted by molar-refractivity contribution is 9.11. The van der Waals surface area contributed by atoms with Crippen LogP contribution in [-0.4, -0.2) is 6.10 Å². The Labute approximate surface area is 99.3 Å². The lowest BCUT2D eigenvalue weighted by Crippen LogP contribution is -2.15. The van der Waals surface area contributed by atoms with Crippen LogP contribution < -0.4 is 0 Å². The van der Waals surface area contributed by atoms with E-state index < -0.39 is 0 Å². The van der Waals surface area contributed by atoms with Crippen molar-refractivity contribution in [3.05, 3.63) is 46.5 Å². The first kappa shape index (κ1) is 10.9. The van der Waals surface area contributed by atoms with Crippen LogP contribution in [0.25, 0.3) is 0 Å². The average molecular weight is 267 g/mol. The quantitative estimate of drug-likeness (QED) is 0.803. The SMILES string of the molecule is BrC1=CCCC[C@@H]1OCc1ccccc1. The third-order valence-corrected chi connectivity index (χ3v) is 3.45. The minimum atomic E-state index is 0.263. The molecule has 1 aliphatic rings. The number of halogens is 1. The molecular formula is C13H15BrO. The molecule has 15 heavy (non-hydrogen) atoms. The first-order valence-corrected chi connectivity index (χ1v) is 6.16. The highest BCUT2D eigenvalue weighted by Crippen LogP contribution is 2.26. The molecule has 80 valence electrons. The molecule has 2 rings (SSSR count). The Morgan fingerprint density at radius 3 is 2.80 bits per heavy atom. The summed E-state index contributed by atoms with van der Waals surface area (Å²) >= 11 is 3.56. The van der Waals surface area contributed by atoms with E-state index in [4.69, 9.17) is 4.74 Å². The van der Waals surface area contributed by atoms with E-state index in [0.29, 0.717) is 6.61 Å². The summed E-state index contributed by atoms with van der Waals surface area (Å²) in [4.78, 5) is 0. The minimum Gasteiger partial charge on any atom is -0.368 e. The molecule has 0 amide bonds. The average Bonchev–Trinajstić information content (AvgIpc) is 2.29. The third-order valence-electron chi connectivity index (χ3n) is 2.61. The molecule has 2 heteroatoms. The fraction of sp³-hybridized carbons (Fsp3) is 0.385. The van der Waals surface area contributed by atoms with E-state index in [0.717, 1.165) is 6.42 Å². The number of hydrogen-bond donors (Lipinski definition) is 0.